The van der Waals surface area contributed by atoms with Crippen LogP contribution in [0.15, 0.2) is 11.4 Å². The molecule has 0 amide bonds. The van der Waals surface area contributed by atoms with Crippen LogP contribution in [0.3, 0.4) is 0 Å². The molecule has 0 atom stereocenters. The van der Waals surface area contributed by atoms with Crippen LogP contribution in [0.4, 0.5) is 0 Å². The number of ketones is 1. The molecule has 0 aliphatic heterocycles. The number of hydrogen-bond donors (Lipinski definition) is 0. The van der Waals surface area contributed by atoms with E-state index in [0.717, 1.165) is 10.4 Å². The summed E-state index contributed by atoms with van der Waals surface area (Å²) in [7, 11) is 0. The Bertz CT molecular complexity index is 260. The molecule has 1 aromatic rings. The fourth-order valence-corrected chi connectivity index (χ4v) is 1.90. The lowest BCUT2D eigenvalue weighted by Crippen LogP contribution is -2.06. The van der Waals surface area contributed by atoms with Crippen LogP contribution in [0, 0.1) is 12.8 Å². The van der Waals surface area contributed by atoms with E-state index in [1.54, 1.807) is 0 Å². The SMILES string of the molecule is Cc1ccsc1C(=O)C(C)C. The van der Waals surface area contributed by atoms with Crippen molar-refractivity contribution < 1.29 is 4.79 Å². The maximum atomic E-state index is 11.4. The molecule has 0 saturated heterocycles. The highest BCUT2D eigenvalue weighted by Crippen LogP contribution is 2.19. The van der Waals surface area contributed by atoms with Crippen molar-refractivity contribution in [1.29, 1.82) is 0 Å². The minimum atomic E-state index is 0.118. The van der Waals surface area contributed by atoms with E-state index in [9.17, 15) is 4.79 Å². The lowest BCUT2D eigenvalue weighted by Gasteiger charge is -2.01. The van der Waals surface area contributed by atoms with Crippen molar-refractivity contribution in [2.75, 3.05) is 0 Å². The molecule has 0 aliphatic carbocycles. The molecule has 0 fully saturated rings. The molecule has 2 heteroatoms. The van der Waals surface area contributed by atoms with E-state index in [0.29, 0.717) is 0 Å². The van der Waals surface area contributed by atoms with Crippen LogP contribution in [0.25, 0.3) is 0 Å². The molecule has 1 heterocycles. The van der Waals surface area contributed by atoms with E-state index < -0.39 is 0 Å². The maximum Gasteiger partial charge on any atom is 0.175 e. The number of carbonyl (C=O) groups is 1. The third kappa shape index (κ3) is 1.69. The summed E-state index contributed by atoms with van der Waals surface area (Å²) >= 11 is 1.54. The van der Waals surface area contributed by atoms with Gasteiger partial charge in [0, 0.05) is 5.92 Å². The van der Waals surface area contributed by atoms with Crippen molar-refractivity contribution in [2.24, 2.45) is 5.92 Å². The topological polar surface area (TPSA) is 17.1 Å². The highest BCUT2D eigenvalue weighted by molar-refractivity contribution is 7.12. The molecule has 0 aliphatic rings. The molecular weight excluding hydrogens is 156 g/mol. The van der Waals surface area contributed by atoms with Gasteiger partial charge in [0.05, 0.1) is 4.88 Å². The molecule has 11 heavy (non-hydrogen) atoms. The van der Waals surface area contributed by atoms with Crippen molar-refractivity contribution in [3.05, 3.63) is 21.9 Å². The second-order valence-corrected chi connectivity index (χ2v) is 3.87. The van der Waals surface area contributed by atoms with Crippen LogP contribution in [0.2, 0.25) is 0 Å². The first-order chi connectivity index (χ1) is 5.13. The zero-order valence-corrected chi connectivity index (χ0v) is 7.87. The molecule has 1 nitrogen and oxygen atoms in total. The summed E-state index contributed by atoms with van der Waals surface area (Å²) in [5.41, 5.74) is 1.11. The van der Waals surface area contributed by atoms with Crippen molar-refractivity contribution >= 4 is 17.1 Å². The van der Waals surface area contributed by atoms with Gasteiger partial charge in [-0.1, -0.05) is 13.8 Å². The quantitative estimate of drug-likeness (QED) is 0.620. The highest BCUT2D eigenvalue weighted by Gasteiger charge is 2.13. The first-order valence-corrected chi connectivity index (χ1v) is 4.59. The van der Waals surface area contributed by atoms with E-state index >= 15 is 0 Å². The van der Waals surface area contributed by atoms with E-state index in [-0.39, 0.29) is 11.7 Å². The summed E-state index contributed by atoms with van der Waals surface area (Å²) in [4.78, 5) is 12.4. The fourth-order valence-electron chi connectivity index (χ4n) is 0.887. The van der Waals surface area contributed by atoms with Gasteiger partial charge >= 0.3 is 0 Å². The van der Waals surface area contributed by atoms with Gasteiger partial charge in [0.2, 0.25) is 0 Å². The van der Waals surface area contributed by atoms with Gasteiger partial charge in [-0.05, 0) is 23.9 Å². The predicted octanol–water partition coefficient (Wildman–Crippen LogP) is 2.90. The number of rotatable bonds is 2. The van der Waals surface area contributed by atoms with Crippen LogP contribution >= 0.6 is 11.3 Å². The molecule has 0 saturated carbocycles. The molecule has 60 valence electrons. The molecule has 0 unspecified atom stereocenters. The summed E-state index contributed by atoms with van der Waals surface area (Å²) in [6.45, 7) is 5.84. The number of hydrogen-bond acceptors (Lipinski definition) is 2. The Morgan fingerprint density at radius 1 is 1.55 bits per heavy atom. The fraction of sp³-hybridized carbons (Fsp3) is 0.444. The normalized spacial score (nSPS) is 10.5. The van der Waals surface area contributed by atoms with Crippen molar-refractivity contribution in [2.45, 2.75) is 20.8 Å². The Balaban J connectivity index is 2.93. The number of thiophene rings is 1. The molecular formula is C9H12OS. The first kappa shape index (κ1) is 8.47. The molecule has 0 radical (unpaired) electrons. The summed E-state index contributed by atoms with van der Waals surface area (Å²) in [5.74, 6) is 0.379. The van der Waals surface area contributed by atoms with Gasteiger partial charge in [-0.2, -0.15) is 0 Å². The Morgan fingerprint density at radius 2 is 2.18 bits per heavy atom. The van der Waals surface area contributed by atoms with Crippen molar-refractivity contribution in [3.8, 4) is 0 Å². The first-order valence-electron chi connectivity index (χ1n) is 3.71. The van der Waals surface area contributed by atoms with Gasteiger partial charge in [0.1, 0.15) is 0 Å². The summed E-state index contributed by atoms with van der Waals surface area (Å²) in [6.07, 6.45) is 0. The number of aryl methyl sites for hydroxylation is 1. The van der Waals surface area contributed by atoms with E-state index in [4.69, 9.17) is 0 Å². The van der Waals surface area contributed by atoms with Gasteiger partial charge in [0.15, 0.2) is 5.78 Å². The zero-order chi connectivity index (χ0) is 8.43. The molecule has 0 spiro atoms. The van der Waals surface area contributed by atoms with Crippen LogP contribution in [0.1, 0.15) is 29.1 Å². The smallest absolute Gasteiger partial charge is 0.175 e. The second kappa shape index (κ2) is 3.18. The minimum absolute atomic E-state index is 0.118. The molecule has 0 aromatic carbocycles. The standard InChI is InChI=1S/C9H12OS/c1-6(2)8(10)9-7(3)4-5-11-9/h4-6H,1-3H3. The van der Waals surface area contributed by atoms with Gasteiger partial charge in [-0.15, -0.1) is 11.3 Å². The third-order valence-electron chi connectivity index (χ3n) is 1.61. The summed E-state index contributed by atoms with van der Waals surface area (Å²) in [6, 6.07) is 1.99. The molecule has 0 bridgehead atoms. The lowest BCUT2D eigenvalue weighted by atomic mass is 10.1. The van der Waals surface area contributed by atoms with Gasteiger partial charge < -0.3 is 0 Å². The average molecular weight is 168 g/mol. The molecule has 1 rings (SSSR count). The van der Waals surface area contributed by atoms with E-state index in [2.05, 4.69) is 0 Å². The Kier molecular flexibility index (Phi) is 2.45. The van der Waals surface area contributed by atoms with Crippen LogP contribution < -0.4 is 0 Å². The molecule has 0 N–H and O–H groups in total. The number of carbonyl (C=O) groups excluding carboxylic acids is 1. The summed E-state index contributed by atoms with van der Waals surface area (Å²) in [5, 5.41) is 1.96. The Morgan fingerprint density at radius 3 is 2.55 bits per heavy atom. The van der Waals surface area contributed by atoms with Crippen LogP contribution in [-0.4, -0.2) is 5.78 Å². The monoisotopic (exact) mass is 168 g/mol. The minimum Gasteiger partial charge on any atom is -0.293 e. The summed E-state index contributed by atoms with van der Waals surface area (Å²) < 4.78 is 0. The third-order valence-corrected chi connectivity index (χ3v) is 2.64. The molecule has 1 aromatic heterocycles. The highest BCUT2D eigenvalue weighted by atomic mass is 32.1. The Labute approximate surface area is 71.1 Å². The predicted molar refractivity (Wildman–Crippen MR) is 48.2 cm³/mol. The number of Topliss-reactive ketones (excluding diaryl/α,β-unsaturated/α-hetero) is 1. The largest absolute Gasteiger partial charge is 0.293 e. The van der Waals surface area contributed by atoms with Crippen LogP contribution in [-0.2, 0) is 0 Å². The van der Waals surface area contributed by atoms with Crippen molar-refractivity contribution in [1.82, 2.24) is 0 Å². The van der Waals surface area contributed by atoms with Gasteiger partial charge in [-0.3, -0.25) is 4.79 Å². The van der Waals surface area contributed by atoms with Crippen molar-refractivity contribution in [3.63, 3.8) is 0 Å². The average Bonchev–Trinajstić information content (AvgIpc) is 2.33. The maximum absolute atomic E-state index is 11.4. The Hall–Kier alpha value is -0.630. The zero-order valence-electron chi connectivity index (χ0n) is 7.05. The van der Waals surface area contributed by atoms with Crippen LogP contribution in [0.5, 0.6) is 0 Å². The second-order valence-electron chi connectivity index (χ2n) is 2.95. The lowest BCUT2D eigenvalue weighted by molar-refractivity contribution is 0.0943. The van der Waals surface area contributed by atoms with Gasteiger partial charge in [0.25, 0.3) is 0 Å². The van der Waals surface area contributed by atoms with E-state index in [1.807, 2.05) is 32.2 Å². The van der Waals surface area contributed by atoms with Gasteiger partial charge in [-0.25, -0.2) is 0 Å². The van der Waals surface area contributed by atoms with E-state index in [1.165, 1.54) is 11.3 Å².